The molecule has 3 nitrogen and oxygen atoms in total. The first-order valence-corrected chi connectivity index (χ1v) is 6.53. The molecule has 0 unspecified atom stereocenters. The van der Waals surface area contributed by atoms with Gasteiger partial charge in [-0.05, 0) is 22.8 Å². The predicted molar refractivity (Wildman–Crippen MR) is 74.0 cm³/mol. The number of halogens is 2. The standard InChI is InChI=1S/C16H13F2NO2/c17-16(18)10-21-15(20)19-14(16)13-8-4-7-12(9-13)11-5-2-1-3-6-11/h1-9,14H,10H2,(H,19,20)/t14-/m0/s1. The summed E-state index contributed by atoms with van der Waals surface area (Å²) in [6.07, 6.45) is -0.823. The molecule has 0 saturated carbocycles. The van der Waals surface area contributed by atoms with Crippen LogP contribution in [0, 0.1) is 0 Å². The fraction of sp³-hybridized carbons (Fsp3) is 0.188. The second-order valence-corrected chi connectivity index (χ2v) is 4.91. The minimum atomic E-state index is -3.14. The van der Waals surface area contributed by atoms with Crippen molar-refractivity contribution in [2.75, 3.05) is 6.61 Å². The molecule has 1 amide bonds. The number of hydrogen-bond donors (Lipinski definition) is 1. The summed E-state index contributed by atoms with van der Waals surface area (Å²) in [6, 6.07) is 14.9. The number of alkyl carbamates (subject to hydrolysis) is 1. The number of ether oxygens (including phenoxy) is 1. The highest BCUT2D eigenvalue weighted by Crippen LogP contribution is 2.35. The van der Waals surface area contributed by atoms with Crippen LogP contribution in [0.1, 0.15) is 11.6 Å². The zero-order chi connectivity index (χ0) is 14.9. The summed E-state index contributed by atoms with van der Waals surface area (Å²) in [6.45, 7) is -0.904. The Balaban J connectivity index is 1.97. The van der Waals surface area contributed by atoms with Crippen LogP contribution >= 0.6 is 0 Å². The average Bonchev–Trinajstić information content (AvgIpc) is 2.51. The number of carbonyl (C=O) groups excluding carboxylic acids is 1. The topological polar surface area (TPSA) is 38.3 Å². The van der Waals surface area contributed by atoms with Crippen LogP contribution in [0.3, 0.4) is 0 Å². The van der Waals surface area contributed by atoms with Gasteiger partial charge in [-0.2, -0.15) is 0 Å². The molecule has 1 N–H and O–H groups in total. The van der Waals surface area contributed by atoms with Crippen LogP contribution in [0.5, 0.6) is 0 Å². The van der Waals surface area contributed by atoms with Crippen LogP contribution < -0.4 is 5.32 Å². The Morgan fingerprint density at radius 2 is 1.76 bits per heavy atom. The summed E-state index contributed by atoms with van der Waals surface area (Å²) in [5.74, 6) is -3.14. The lowest BCUT2D eigenvalue weighted by molar-refractivity contribution is -0.104. The van der Waals surface area contributed by atoms with E-state index in [-0.39, 0.29) is 0 Å². The molecule has 1 aliphatic heterocycles. The van der Waals surface area contributed by atoms with E-state index in [4.69, 9.17) is 0 Å². The molecule has 0 radical (unpaired) electrons. The normalized spacial score (nSPS) is 20.5. The molecule has 1 saturated heterocycles. The molecule has 1 fully saturated rings. The number of alkyl halides is 2. The third-order valence-corrected chi connectivity index (χ3v) is 3.41. The van der Waals surface area contributed by atoms with Gasteiger partial charge in [0.2, 0.25) is 0 Å². The van der Waals surface area contributed by atoms with E-state index in [1.165, 1.54) is 0 Å². The summed E-state index contributed by atoms with van der Waals surface area (Å²) in [7, 11) is 0. The van der Waals surface area contributed by atoms with E-state index in [9.17, 15) is 13.6 Å². The van der Waals surface area contributed by atoms with Gasteiger partial charge in [-0.3, -0.25) is 0 Å². The van der Waals surface area contributed by atoms with E-state index in [0.29, 0.717) is 5.56 Å². The molecule has 2 aromatic rings. The SMILES string of the molecule is O=C1N[C@@H](c2cccc(-c3ccccc3)c2)C(F)(F)CO1. The monoisotopic (exact) mass is 289 g/mol. The van der Waals surface area contributed by atoms with Crippen LogP contribution in [-0.4, -0.2) is 18.6 Å². The molecule has 0 aliphatic carbocycles. The van der Waals surface area contributed by atoms with Crippen LogP contribution in [0.4, 0.5) is 13.6 Å². The van der Waals surface area contributed by atoms with Crippen molar-refractivity contribution >= 4 is 6.09 Å². The van der Waals surface area contributed by atoms with E-state index in [1.807, 2.05) is 36.4 Å². The van der Waals surface area contributed by atoms with Crippen LogP contribution in [0.25, 0.3) is 11.1 Å². The molecule has 0 aromatic heterocycles. The van der Waals surface area contributed by atoms with Crippen molar-refractivity contribution in [2.45, 2.75) is 12.0 Å². The molecule has 21 heavy (non-hydrogen) atoms. The number of nitrogens with one attached hydrogen (secondary N) is 1. The van der Waals surface area contributed by atoms with Gasteiger partial charge >= 0.3 is 12.0 Å². The van der Waals surface area contributed by atoms with Crippen LogP contribution in [0.2, 0.25) is 0 Å². The van der Waals surface area contributed by atoms with Gasteiger partial charge < -0.3 is 10.1 Å². The Labute approximate surface area is 120 Å². The maximum Gasteiger partial charge on any atom is 0.408 e. The van der Waals surface area contributed by atoms with Crippen molar-refractivity contribution in [3.8, 4) is 11.1 Å². The Bertz CT molecular complexity index is 658. The highest BCUT2D eigenvalue weighted by atomic mass is 19.3. The molecule has 1 heterocycles. The van der Waals surface area contributed by atoms with E-state index in [0.717, 1.165) is 11.1 Å². The van der Waals surface area contributed by atoms with E-state index in [2.05, 4.69) is 10.1 Å². The zero-order valence-electron chi connectivity index (χ0n) is 11.1. The Morgan fingerprint density at radius 3 is 2.52 bits per heavy atom. The van der Waals surface area contributed by atoms with Crippen molar-refractivity contribution in [2.24, 2.45) is 0 Å². The van der Waals surface area contributed by atoms with Crippen molar-refractivity contribution in [1.82, 2.24) is 5.32 Å². The summed E-state index contributed by atoms with van der Waals surface area (Å²) >= 11 is 0. The first-order valence-electron chi connectivity index (χ1n) is 6.53. The van der Waals surface area contributed by atoms with E-state index < -0.39 is 24.7 Å². The van der Waals surface area contributed by atoms with Gasteiger partial charge in [-0.15, -0.1) is 0 Å². The molecular weight excluding hydrogens is 276 g/mol. The van der Waals surface area contributed by atoms with Gasteiger partial charge in [-0.25, -0.2) is 13.6 Å². The first kappa shape index (κ1) is 13.5. The van der Waals surface area contributed by atoms with E-state index in [1.54, 1.807) is 18.2 Å². The molecule has 5 heteroatoms. The predicted octanol–water partition coefficient (Wildman–Crippen LogP) is 3.77. The largest absolute Gasteiger partial charge is 0.443 e. The number of benzene rings is 2. The molecule has 0 spiro atoms. The Morgan fingerprint density at radius 1 is 1.05 bits per heavy atom. The van der Waals surface area contributed by atoms with E-state index >= 15 is 0 Å². The maximum absolute atomic E-state index is 13.9. The molecule has 1 atom stereocenters. The Hall–Kier alpha value is -2.43. The number of rotatable bonds is 2. The second-order valence-electron chi connectivity index (χ2n) is 4.91. The van der Waals surface area contributed by atoms with Crippen molar-refractivity contribution in [3.05, 3.63) is 60.2 Å². The maximum atomic E-state index is 13.9. The first-order chi connectivity index (χ1) is 10.1. The quantitative estimate of drug-likeness (QED) is 0.914. The summed E-state index contributed by atoms with van der Waals surface area (Å²) in [5, 5.41) is 2.19. The van der Waals surface area contributed by atoms with Crippen molar-refractivity contribution in [1.29, 1.82) is 0 Å². The van der Waals surface area contributed by atoms with Gasteiger partial charge in [-0.1, -0.05) is 48.5 Å². The number of amides is 1. The number of carbonyl (C=O) groups is 1. The van der Waals surface area contributed by atoms with Crippen LogP contribution in [-0.2, 0) is 4.74 Å². The third kappa shape index (κ3) is 2.72. The second kappa shape index (κ2) is 5.16. The smallest absolute Gasteiger partial charge is 0.408 e. The molecule has 3 rings (SSSR count). The number of cyclic esters (lactones) is 1. The molecule has 1 aliphatic rings. The third-order valence-electron chi connectivity index (χ3n) is 3.41. The van der Waals surface area contributed by atoms with Gasteiger partial charge in [0.25, 0.3) is 0 Å². The molecule has 2 aromatic carbocycles. The van der Waals surface area contributed by atoms with Crippen molar-refractivity contribution < 1.29 is 18.3 Å². The zero-order valence-corrected chi connectivity index (χ0v) is 11.1. The molecular formula is C16H13F2NO2. The minimum Gasteiger partial charge on any atom is -0.443 e. The minimum absolute atomic E-state index is 0.359. The lowest BCUT2D eigenvalue weighted by atomic mass is 9.96. The lowest BCUT2D eigenvalue weighted by Crippen LogP contribution is -2.49. The highest BCUT2D eigenvalue weighted by molar-refractivity contribution is 5.70. The van der Waals surface area contributed by atoms with Gasteiger partial charge in [0.15, 0.2) is 6.61 Å². The van der Waals surface area contributed by atoms with Crippen molar-refractivity contribution in [3.63, 3.8) is 0 Å². The fourth-order valence-electron chi connectivity index (χ4n) is 2.37. The van der Waals surface area contributed by atoms with Gasteiger partial charge in [0.1, 0.15) is 6.04 Å². The van der Waals surface area contributed by atoms with Gasteiger partial charge in [0.05, 0.1) is 0 Å². The van der Waals surface area contributed by atoms with Crippen LogP contribution in [0.15, 0.2) is 54.6 Å². The fourth-order valence-corrected chi connectivity index (χ4v) is 2.37. The summed E-state index contributed by atoms with van der Waals surface area (Å²) in [5.41, 5.74) is 2.11. The summed E-state index contributed by atoms with van der Waals surface area (Å²) in [4.78, 5) is 11.2. The Kier molecular flexibility index (Phi) is 3.33. The average molecular weight is 289 g/mol. The molecule has 0 bridgehead atoms. The van der Waals surface area contributed by atoms with Gasteiger partial charge in [0, 0.05) is 0 Å². The molecule has 108 valence electrons. The summed E-state index contributed by atoms with van der Waals surface area (Å²) < 4.78 is 32.2. The lowest BCUT2D eigenvalue weighted by Gasteiger charge is -2.32. The highest BCUT2D eigenvalue weighted by Gasteiger charge is 2.46. The number of hydrogen-bond acceptors (Lipinski definition) is 2.